The van der Waals surface area contributed by atoms with Gasteiger partial charge in [0.15, 0.2) is 11.5 Å². The summed E-state index contributed by atoms with van der Waals surface area (Å²) < 4.78 is 24.2. The number of aromatic nitrogens is 2. The van der Waals surface area contributed by atoms with E-state index >= 15 is 0 Å². The summed E-state index contributed by atoms with van der Waals surface area (Å²) in [6.07, 6.45) is 0. The average molecular weight is 429 g/mol. The van der Waals surface area contributed by atoms with Crippen molar-refractivity contribution < 1.29 is 28.4 Å². The topological polar surface area (TPSA) is 73.1 Å². The molecule has 31 heavy (non-hydrogen) atoms. The van der Waals surface area contributed by atoms with Crippen LogP contribution in [0.1, 0.15) is 5.56 Å². The number of methoxy groups -OCH3 is 3. The molecule has 8 nitrogen and oxygen atoms in total. The van der Waals surface area contributed by atoms with Crippen molar-refractivity contribution >= 4 is 17.0 Å². The van der Waals surface area contributed by atoms with Crippen LogP contribution >= 0.6 is 0 Å². The summed E-state index contributed by atoms with van der Waals surface area (Å²) in [5, 5.41) is 3.57. The SMILES string of the molecule is COc1cc(CNc2[nH]c3ccccc3[n+]2CC[NH+]2CCOCC2)cc(OC)c1OC. The second kappa shape index (κ2) is 9.89. The number of hydrogen-bond donors (Lipinski definition) is 3. The molecule has 0 radical (unpaired) electrons. The lowest BCUT2D eigenvalue weighted by Gasteiger charge is -2.23. The number of imidazole rings is 1. The molecule has 0 bridgehead atoms. The zero-order valence-electron chi connectivity index (χ0n) is 18.5. The Morgan fingerprint density at radius 1 is 1.03 bits per heavy atom. The van der Waals surface area contributed by atoms with Gasteiger partial charge in [0.05, 0.1) is 41.1 Å². The molecule has 0 amide bonds. The molecule has 2 aromatic carbocycles. The van der Waals surface area contributed by atoms with E-state index in [1.807, 2.05) is 12.1 Å². The number of quaternary nitrogens is 1. The summed E-state index contributed by atoms with van der Waals surface area (Å²) in [4.78, 5) is 5.12. The van der Waals surface area contributed by atoms with Crippen LogP contribution in [0.3, 0.4) is 0 Å². The Labute approximate surface area is 182 Å². The average Bonchev–Trinajstić information content (AvgIpc) is 3.18. The lowest BCUT2D eigenvalue weighted by Crippen LogP contribution is -3.14. The Morgan fingerprint density at radius 2 is 1.74 bits per heavy atom. The maximum absolute atomic E-state index is 5.50. The minimum Gasteiger partial charge on any atom is -0.493 e. The van der Waals surface area contributed by atoms with Crippen LogP contribution in [0.15, 0.2) is 36.4 Å². The third kappa shape index (κ3) is 4.70. The largest absolute Gasteiger partial charge is 0.493 e. The second-order valence-corrected chi connectivity index (χ2v) is 7.64. The fourth-order valence-corrected chi connectivity index (χ4v) is 4.11. The molecule has 166 valence electrons. The van der Waals surface area contributed by atoms with Crippen LogP contribution in [0.2, 0.25) is 0 Å². The van der Waals surface area contributed by atoms with E-state index in [9.17, 15) is 0 Å². The Morgan fingerprint density at radius 3 is 2.42 bits per heavy atom. The van der Waals surface area contributed by atoms with E-state index in [1.165, 1.54) is 5.52 Å². The molecule has 3 aromatic rings. The van der Waals surface area contributed by atoms with Gasteiger partial charge in [0.2, 0.25) is 5.75 Å². The predicted molar refractivity (Wildman–Crippen MR) is 118 cm³/mol. The summed E-state index contributed by atoms with van der Waals surface area (Å²) >= 11 is 0. The van der Waals surface area contributed by atoms with E-state index < -0.39 is 0 Å². The van der Waals surface area contributed by atoms with Crippen LogP contribution in [0.25, 0.3) is 11.0 Å². The van der Waals surface area contributed by atoms with Crippen LogP contribution in [0.4, 0.5) is 5.95 Å². The van der Waals surface area contributed by atoms with Crippen LogP contribution in [0.5, 0.6) is 17.2 Å². The molecule has 1 aliphatic rings. The van der Waals surface area contributed by atoms with Crippen LogP contribution in [-0.4, -0.2) is 59.2 Å². The number of rotatable bonds is 9. The fraction of sp³-hybridized carbons (Fsp3) is 0.435. The van der Waals surface area contributed by atoms with Crippen LogP contribution in [0, 0.1) is 0 Å². The molecule has 2 heterocycles. The van der Waals surface area contributed by atoms with E-state index in [2.05, 4.69) is 39.1 Å². The Hall–Kier alpha value is -2.97. The number of para-hydroxylation sites is 2. The molecule has 0 unspecified atom stereocenters. The highest BCUT2D eigenvalue weighted by Crippen LogP contribution is 2.38. The number of benzene rings is 2. The molecular weight excluding hydrogens is 396 g/mol. The minimum absolute atomic E-state index is 0.600. The highest BCUT2D eigenvalue weighted by atomic mass is 16.5. The van der Waals surface area contributed by atoms with Crippen molar-refractivity contribution in [3.63, 3.8) is 0 Å². The minimum atomic E-state index is 0.600. The van der Waals surface area contributed by atoms with Crippen molar-refractivity contribution in [3.8, 4) is 17.2 Å². The number of hydrogen-bond acceptors (Lipinski definition) is 5. The standard InChI is InChI=1S/C23H30N4O4/c1-28-20-14-17(15-21(29-2)22(20)30-3)16-24-23-25-18-6-4-5-7-19(18)27(23)9-8-26-10-12-31-13-11-26/h4-7,14-15H,8-13,16H2,1-3H3,(H,24,25)/p+2. The van der Waals surface area contributed by atoms with Crippen molar-refractivity contribution in [2.75, 3.05) is 59.5 Å². The third-order valence-corrected chi connectivity index (χ3v) is 5.79. The van der Waals surface area contributed by atoms with Gasteiger partial charge in [0.25, 0.3) is 0 Å². The molecule has 4 rings (SSSR count). The number of fused-ring (bicyclic) bond motifs is 1. The zero-order chi connectivity index (χ0) is 21.6. The number of H-pyrrole nitrogens is 1. The van der Waals surface area contributed by atoms with Gasteiger partial charge in [-0.1, -0.05) is 12.1 Å². The van der Waals surface area contributed by atoms with Gasteiger partial charge in [-0.15, -0.1) is 0 Å². The maximum Gasteiger partial charge on any atom is 0.356 e. The molecule has 1 saturated heterocycles. The van der Waals surface area contributed by atoms with Crippen LogP contribution < -0.4 is 29.0 Å². The number of morpholine rings is 1. The molecular formula is C23H32N4O4+2. The number of nitrogens with zero attached hydrogens (tertiary/aromatic N) is 1. The van der Waals surface area contributed by atoms with Gasteiger partial charge in [-0.2, -0.15) is 0 Å². The summed E-state index contributed by atoms with van der Waals surface area (Å²) in [5.41, 5.74) is 3.35. The smallest absolute Gasteiger partial charge is 0.356 e. The molecule has 0 spiro atoms. The van der Waals surface area contributed by atoms with E-state index in [1.54, 1.807) is 26.2 Å². The van der Waals surface area contributed by atoms with Gasteiger partial charge in [-0.25, -0.2) is 9.55 Å². The molecule has 1 fully saturated rings. The first kappa shape index (κ1) is 21.3. The Bertz CT molecular complexity index is 989. The fourth-order valence-electron chi connectivity index (χ4n) is 4.11. The van der Waals surface area contributed by atoms with Crippen molar-refractivity contribution in [1.82, 2.24) is 4.98 Å². The molecule has 0 atom stereocenters. The summed E-state index contributed by atoms with van der Waals surface area (Å²) in [7, 11) is 4.88. The van der Waals surface area contributed by atoms with E-state index in [4.69, 9.17) is 18.9 Å². The first-order chi connectivity index (χ1) is 15.2. The van der Waals surface area contributed by atoms with E-state index in [0.717, 1.165) is 56.4 Å². The maximum atomic E-state index is 5.50. The number of ether oxygens (including phenoxy) is 4. The van der Waals surface area contributed by atoms with Crippen molar-refractivity contribution in [1.29, 1.82) is 0 Å². The van der Waals surface area contributed by atoms with Crippen molar-refractivity contribution in [2.24, 2.45) is 0 Å². The zero-order valence-corrected chi connectivity index (χ0v) is 18.5. The summed E-state index contributed by atoms with van der Waals surface area (Å²) in [6, 6.07) is 12.3. The van der Waals surface area contributed by atoms with Gasteiger partial charge in [0.1, 0.15) is 37.2 Å². The predicted octanol–water partition coefficient (Wildman–Crippen LogP) is 1.01. The van der Waals surface area contributed by atoms with E-state index in [-0.39, 0.29) is 0 Å². The van der Waals surface area contributed by atoms with Crippen LogP contribution in [-0.2, 0) is 17.8 Å². The normalized spacial score (nSPS) is 14.5. The third-order valence-electron chi connectivity index (χ3n) is 5.79. The molecule has 1 aliphatic heterocycles. The van der Waals surface area contributed by atoms with Gasteiger partial charge >= 0.3 is 5.95 Å². The molecule has 0 saturated carbocycles. The number of anilines is 1. The summed E-state index contributed by atoms with van der Waals surface area (Å²) in [6.45, 7) is 6.44. The number of aromatic amines is 1. The lowest BCUT2D eigenvalue weighted by molar-refractivity contribution is -0.923. The molecule has 0 aliphatic carbocycles. The van der Waals surface area contributed by atoms with E-state index in [0.29, 0.717) is 23.8 Å². The first-order valence-electron chi connectivity index (χ1n) is 10.7. The quantitative estimate of drug-likeness (QED) is 0.444. The summed E-state index contributed by atoms with van der Waals surface area (Å²) in [5.74, 6) is 2.89. The molecule has 3 N–H and O–H groups in total. The van der Waals surface area contributed by atoms with Crippen molar-refractivity contribution in [3.05, 3.63) is 42.0 Å². The number of nitrogens with one attached hydrogen (secondary N) is 3. The van der Waals surface area contributed by atoms with Gasteiger partial charge < -0.3 is 23.8 Å². The molecule has 8 heteroatoms. The second-order valence-electron chi connectivity index (χ2n) is 7.64. The van der Waals surface area contributed by atoms with Gasteiger partial charge in [0, 0.05) is 0 Å². The van der Waals surface area contributed by atoms with Gasteiger partial charge in [-0.05, 0) is 29.8 Å². The highest BCUT2D eigenvalue weighted by Gasteiger charge is 2.21. The lowest BCUT2D eigenvalue weighted by atomic mass is 10.2. The first-order valence-corrected chi connectivity index (χ1v) is 10.7. The van der Waals surface area contributed by atoms with Gasteiger partial charge in [-0.3, -0.25) is 5.32 Å². The molecule has 1 aromatic heterocycles. The monoisotopic (exact) mass is 428 g/mol. The highest BCUT2D eigenvalue weighted by molar-refractivity contribution is 5.72. The Balaban J connectivity index is 1.55. The Kier molecular flexibility index (Phi) is 6.79. The van der Waals surface area contributed by atoms with Crippen molar-refractivity contribution in [2.45, 2.75) is 13.1 Å².